The molecule has 0 bridgehead atoms. The van der Waals surface area contributed by atoms with E-state index in [1.807, 2.05) is 12.1 Å². The molecule has 3 rings (SSSR count). The van der Waals surface area contributed by atoms with E-state index in [1.54, 1.807) is 12.1 Å². The molecule has 0 atom stereocenters. The van der Waals surface area contributed by atoms with Crippen LogP contribution < -0.4 is 4.90 Å². The maximum absolute atomic E-state index is 11.0. The van der Waals surface area contributed by atoms with Crippen molar-refractivity contribution in [2.45, 2.75) is 32.1 Å². The van der Waals surface area contributed by atoms with Crippen molar-refractivity contribution in [3.05, 3.63) is 29.8 Å². The summed E-state index contributed by atoms with van der Waals surface area (Å²) in [5.74, 6) is -0.841. The van der Waals surface area contributed by atoms with Crippen LogP contribution in [-0.4, -0.2) is 24.2 Å². The van der Waals surface area contributed by atoms with Crippen LogP contribution in [0.1, 0.15) is 42.5 Å². The minimum atomic E-state index is -0.841. The van der Waals surface area contributed by atoms with E-state index in [0.29, 0.717) is 11.0 Å². The Morgan fingerprint density at radius 1 is 1.22 bits per heavy atom. The molecule has 0 radical (unpaired) electrons. The highest BCUT2D eigenvalue weighted by Crippen LogP contribution is 2.46. The van der Waals surface area contributed by atoms with Gasteiger partial charge in [0.15, 0.2) is 0 Å². The molecule has 1 N–H and O–H groups in total. The Labute approximate surface area is 107 Å². The molecular weight excluding hydrogens is 226 g/mol. The van der Waals surface area contributed by atoms with Gasteiger partial charge in [-0.2, -0.15) is 0 Å². The first-order valence-electron chi connectivity index (χ1n) is 6.77. The van der Waals surface area contributed by atoms with Crippen molar-refractivity contribution in [2.24, 2.45) is 5.41 Å². The number of hydrogen-bond acceptors (Lipinski definition) is 2. The number of nitrogens with zero attached hydrogens (tertiary/aromatic N) is 1. The van der Waals surface area contributed by atoms with Gasteiger partial charge >= 0.3 is 5.97 Å². The Morgan fingerprint density at radius 2 is 2.00 bits per heavy atom. The molecule has 1 aliphatic heterocycles. The molecule has 3 nitrogen and oxygen atoms in total. The number of hydrogen-bond donors (Lipinski definition) is 1. The third kappa shape index (κ3) is 1.98. The maximum atomic E-state index is 11.0. The molecule has 1 aliphatic carbocycles. The second-order valence-electron chi connectivity index (χ2n) is 5.73. The van der Waals surface area contributed by atoms with E-state index in [0.717, 1.165) is 18.8 Å². The zero-order valence-electron chi connectivity index (χ0n) is 10.6. The second-order valence-corrected chi connectivity index (χ2v) is 5.73. The lowest BCUT2D eigenvalue weighted by atomic mass is 9.86. The maximum Gasteiger partial charge on any atom is 0.335 e. The molecule has 96 valence electrons. The molecular formula is C15H19NO2. The summed E-state index contributed by atoms with van der Waals surface area (Å²) in [5.41, 5.74) is 1.98. The van der Waals surface area contributed by atoms with Crippen molar-refractivity contribution < 1.29 is 9.90 Å². The van der Waals surface area contributed by atoms with Crippen molar-refractivity contribution in [1.82, 2.24) is 0 Å². The van der Waals surface area contributed by atoms with Gasteiger partial charge in [0.2, 0.25) is 0 Å². The molecule has 0 aromatic heterocycles. The molecule has 2 fully saturated rings. The highest BCUT2D eigenvalue weighted by Gasteiger charge is 2.40. The number of benzene rings is 1. The Bertz CT molecular complexity index is 463. The van der Waals surface area contributed by atoms with Crippen LogP contribution in [0.2, 0.25) is 0 Å². The van der Waals surface area contributed by atoms with Crippen LogP contribution in [-0.2, 0) is 0 Å². The fourth-order valence-electron chi connectivity index (χ4n) is 3.52. The van der Waals surface area contributed by atoms with Gasteiger partial charge in [-0.1, -0.05) is 18.9 Å². The van der Waals surface area contributed by atoms with Gasteiger partial charge in [-0.05, 0) is 42.9 Å². The fraction of sp³-hybridized carbons (Fsp3) is 0.533. The molecule has 2 aliphatic rings. The van der Waals surface area contributed by atoms with Gasteiger partial charge in [-0.3, -0.25) is 0 Å². The lowest BCUT2D eigenvalue weighted by molar-refractivity contribution is 0.0697. The van der Waals surface area contributed by atoms with Gasteiger partial charge in [0.25, 0.3) is 0 Å². The highest BCUT2D eigenvalue weighted by atomic mass is 16.4. The average molecular weight is 245 g/mol. The Hall–Kier alpha value is -1.51. The van der Waals surface area contributed by atoms with Gasteiger partial charge in [-0.15, -0.1) is 0 Å². The normalized spacial score (nSPS) is 21.7. The van der Waals surface area contributed by atoms with Gasteiger partial charge in [0.05, 0.1) is 5.56 Å². The first-order valence-corrected chi connectivity index (χ1v) is 6.77. The van der Waals surface area contributed by atoms with Crippen LogP contribution in [0.3, 0.4) is 0 Å². The second kappa shape index (κ2) is 4.30. The summed E-state index contributed by atoms with van der Waals surface area (Å²) in [6, 6.07) is 7.34. The average Bonchev–Trinajstić information content (AvgIpc) is 3.01. The molecule has 1 aromatic carbocycles. The van der Waals surface area contributed by atoms with E-state index in [4.69, 9.17) is 5.11 Å². The molecule has 1 saturated heterocycles. The smallest absolute Gasteiger partial charge is 0.335 e. The van der Waals surface area contributed by atoms with Crippen molar-refractivity contribution in [1.29, 1.82) is 0 Å². The minimum Gasteiger partial charge on any atom is -0.478 e. The van der Waals surface area contributed by atoms with E-state index in [2.05, 4.69) is 4.90 Å². The summed E-state index contributed by atoms with van der Waals surface area (Å²) in [6.45, 7) is 2.18. The molecule has 1 heterocycles. The molecule has 1 saturated carbocycles. The zero-order chi connectivity index (χ0) is 12.6. The number of carbonyl (C=O) groups is 1. The summed E-state index contributed by atoms with van der Waals surface area (Å²) < 4.78 is 0. The topological polar surface area (TPSA) is 40.5 Å². The van der Waals surface area contributed by atoms with Gasteiger partial charge < -0.3 is 10.0 Å². The van der Waals surface area contributed by atoms with E-state index in [9.17, 15) is 4.79 Å². The molecule has 1 aromatic rings. The van der Waals surface area contributed by atoms with Gasteiger partial charge in [0.1, 0.15) is 0 Å². The Kier molecular flexibility index (Phi) is 2.77. The van der Waals surface area contributed by atoms with E-state index < -0.39 is 5.97 Å². The standard InChI is InChI=1S/C15H19NO2/c17-14(18)12-4-3-5-13(10-12)16-9-8-15(11-16)6-1-2-7-15/h3-5,10H,1-2,6-9,11H2,(H,17,18). The quantitative estimate of drug-likeness (QED) is 0.870. The summed E-state index contributed by atoms with van der Waals surface area (Å²) in [7, 11) is 0. The van der Waals surface area contributed by atoms with Crippen molar-refractivity contribution in [2.75, 3.05) is 18.0 Å². The lowest BCUT2D eigenvalue weighted by Gasteiger charge is -2.24. The first kappa shape index (κ1) is 11.6. The number of carboxylic acid groups (broad SMARTS) is 1. The van der Waals surface area contributed by atoms with Gasteiger partial charge in [-0.25, -0.2) is 4.79 Å². The number of aromatic carboxylic acids is 1. The molecule has 1 spiro atoms. The minimum absolute atomic E-state index is 0.389. The van der Waals surface area contributed by atoms with Gasteiger partial charge in [0, 0.05) is 18.8 Å². The van der Waals surface area contributed by atoms with E-state index in [1.165, 1.54) is 32.1 Å². The number of carboxylic acids is 1. The predicted octanol–water partition coefficient (Wildman–Crippen LogP) is 3.16. The highest BCUT2D eigenvalue weighted by molar-refractivity contribution is 5.88. The van der Waals surface area contributed by atoms with Crippen molar-refractivity contribution >= 4 is 11.7 Å². The van der Waals surface area contributed by atoms with Crippen molar-refractivity contribution in [3.8, 4) is 0 Å². The predicted molar refractivity (Wildman–Crippen MR) is 71.1 cm³/mol. The molecule has 18 heavy (non-hydrogen) atoms. The van der Waals surface area contributed by atoms with Crippen LogP contribution in [0.15, 0.2) is 24.3 Å². The largest absolute Gasteiger partial charge is 0.478 e. The molecule has 0 unspecified atom stereocenters. The monoisotopic (exact) mass is 245 g/mol. The number of rotatable bonds is 2. The van der Waals surface area contributed by atoms with Crippen molar-refractivity contribution in [3.63, 3.8) is 0 Å². The first-order chi connectivity index (χ1) is 8.69. The van der Waals surface area contributed by atoms with E-state index >= 15 is 0 Å². The van der Waals surface area contributed by atoms with Crippen LogP contribution in [0.25, 0.3) is 0 Å². The summed E-state index contributed by atoms with van der Waals surface area (Å²) in [6.07, 6.45) is 6.69. The molecule has 0 amide bonds. The van der Waals surface area contributed by atoms with E-state index in [-0.39, 0.29) is 0 Å². The summed E-state index contributed by atoms with van der Waals surface area (Å²) in [4.78, 5) is 13.4. The SMILES string of the molecule is O=C(O)c1cccc(N2CCC3(CCCC3)C2)c1. The summed E-state index contributed by atoms with van der Waals surface area (Å²) >= 11 is 0. The van der Waals surface area contributed by atoms with Crippen LogP contribution >= 0.6 is 0 Å². The lowest BCUT2D eigenvalue weighted by Crippen LogP contribution is -2.24. The molecule has 3 heteroatoms. The third-order valence-electron chi connectivity index (χ3n) is 4.56. The number of anilines is 1. The Morgan fingerprint density at radius 3 is 2.72 bits per heavy atom. The summed E-state index contributed by atoms with van der Waals surface area (Å²) in [5, 5.41) is 9.04. The van der Waals surface area contributed by atoms with Crippen LogP contribution in [0.4, 0.5) is 5.69 Å². The fourth-order valence-corrected chi connectivity index (χ4v) is 3.52. The van der Waals surface area contributed by atoms with Crippen LogP contribution in [0.5, 0.6) is 0 Å². The zero-order valence-corrected chi connectivity index (χ0v) is 10.6. The van der Waals surface area contributed by atoms with Crippen LogP contribution in [0, 0.1) is 5.41 Å². The third-order valence-corrected chi connectivity index (χ3v) is 4.56. The Balaban J connectivity index is 1.80.